The summed E-state index contributed by atoms with van der Waals surface area (Å²) < 4.78 is 0. The van der Waals surface area contributed by atoms with Gasteiger partial charge in [0.2, 0.25) is 0 Å². The molecule has 0 saturated heterocycles. The summed E-state index contributed by atoms with van der Waals surface area (Å²) in [6.07, 6.45) is 11.7. The number of aliphatic hydroxyl groups is 1. The summed E-state index contributed by atoms with van der Waals surface area (Å²) in [7, 11) is 0. The predicted molar refractivity (Wildman–Crippen MR) is 85.8 cm³/mol. The molecule has 0 aliphatic heterocycles. The predicted octanol–water partition coefficient (Wildman–Crippen LogP) is 5.28. The zero-order valence-corrected chi connectivity index (χ0v) is 12.8. The SMILES string of the molecule is OCCCCCCCCCCCSc1ccccc1. The molecule has 19 heavy (non-hydrogen) atoms. The summed E-state index contributed by atoms with van der Waals surface area (Å²) in [5.41, 5.74) is 0. The van der Waals surface area contributed by atoms with E-state index in [-0.39, 0.29) is 0 Å². The fourth-order valence-electron chi connectivity index (χ4n) is 2.16. The van der Waals surface area contributed by atoms with Crippen LogP contribution in [-0.4, -0.2) is 17.5 Å². The van der Waals surface area contributed by atoms with Crippen LogP contribution in [0.1, 0.15) is 57.8 Å². The average molecular weight is 280 g/mol. The van der Waals surface area contributed by atoms with Crippen molar-refractivity contribution >= 4 is 11.8 Å². The fourth-order valence-corrected chi connectivity index (χ4v) is 3.09. The van der Waals surface area contributed by atoms with Gasteiger partial charge in [0.05, 0.1) is 0 Å². The molecule has 0 aliphatic carbocycles. The van der Waals surface area contributed by atoms with Crippen molar-refractivity contribution in [1.82, 2.24) is 0 Å². The van der Waals surface area contributed by atoms with E-state index in [2.05, 4.69) is 30.3 Å². The summed E-state index contributed by atoms with van der Waals surface area (Å²) in [5, 5.41) is 8.67. The molecule has 0 atom stereocenters. The smallest absolute Gasteiger partial charge is 0.0431 e. The van der Waals surface area contributed by atoms with Gasteiger partial charge in [-0.05, 0) is 30.7 Å². The molecule has 1 N–H and O–H groups in total. The Hall–Kier alpha value is -0.470. The van der Waals surface area contributed by atoms with Crippen LogP contribution >= 0.6 is 11.8 Å². The molecule has 1 aromatic carbocycles. The average Bonchev–Trinajstić information content (AvgIpc) is 2.46. The van der Waals surface area contributed by atoms with Crippen molar-refractivity contribution in [3.8, 4) is 0 Å². The molecule has 1 rings (SSSR count). The van der Waals surface area contributed by atoms with E-state index in [0.717, 1.165) is 6.42 Å². The van der Waals surface area contributed by atoms with E-state index >= 15 is 0 Å². The van der Waals surface area contributed by atoms with E-state index in [1.165, 1.54) is 62.0 Å². The van der Waals surface area contributed by atoms with Crippen molar-refractivity contribution in [3.63, 3.8) is 0 Å². The minimum absolute atomic E-state index is 0.360. The Morgan fingerprint density at radius 1 is 0.684 bits per heavy atom. The van der Waals surface area contributed by atoms with Gasteiger partial charge in [-0.3, -0.25) is 0 Å². The van der Waals surface area contributed by atoms with Crippen molar-refractivity contribution in [1.29, 1.82) is 0 Å². The normalized spacial score (nSPS) is 10.8. The van der Waals surface area contributed by atoms with Gasteiger partial charge in [-0.1, -0.05) is 63.1 Å². The maximum absolute atomic E-state index is 8.67. The molecule has 108 valence electrons. The first kappa shape index (κ1) is 16.6. The summed E-state index contributed by atoms with van der Waals surface area (Å²) in [6.45, 7) is 0.360. The molecule has 1 nitrogen and oxygen atoms in total. The lowest BCUT2D eigenvalue weighted by molar-refractivity contribution is 0.282. The van der Waals surface area contributed by atoms with Gasteiger partial charge in [0.15, 0.2) is 0 Å². The third-order valence-electron chi connectivity index (χ3n) is 3.31. The molecule has 0 aliphatic rings. The van der Waals surface area contributed by atoms with Crippen molar-refractivity contribution in [2.45, 2.75) is 62.7 Å². The second-order valence-electron chi connectivity index (χ2n) is 5.07. The van der Waals surface area contributed by atoms with E-state index in [1.54, 1.807) is 0 Å². The standard InChI is InChI=1S/C17H28OS/c18-15-11-6-4-2-1-3-5-7-12-16-19-17-13-9-8-10-14-17/h8-10,13-14,18H,1-7,11-12,15-16H2. The first-order valence-corrected chi connectivity index (χ1v) is 8.71. The van der Waals surface area contributed by atoms with Crippen LogP contribution in [0.15, 0.2) is 35.2 Å². The number of rotatable bonds is 12. The largest absolute Gasteiger partial charge is 0.396 e. The maximum atomic E-state index is 8.67. The number of benzene rings is 1. The molecule has 0 aromatic heterocycles. The lowest BCUT2D eigenvalue weighted by Gasteiger charge is -2.03. The molecule has 0 bridgehead atoms. The van der Waals surface area contributed by atoms with Crippen molar-refractivity contribution in [3.05, 3.63) is 30.3 Å². The van der Waals surface area contributed by atoms with Crippen molar-refractivity contribution < 1.29 is 5.11 Å². The fraction of sp³-hybridized carbons (Fsp3) is 0.647. The van der Waals surface area contributed by atoms with E-state index in [9.17, 15) is 0 Å². The highest BCUT2D eigenvalue weighted by Gasteiger charge is 1.94. The molecule has 0 spiro atoms. The van der Waals surface area contributed by atoms with E-state index in [1.807, 2.05) is 11.8 Å². The van der Waals surface area contributed by atoms with Gasteiger partial charge in [0.25, 0.3) is 0 Å². The van der Waals surface area contributed by atoms with Gasteiger partial charge < -0.3 is 5.11 Å². The third kappa shape index (κ3) is 10.0. The topological polar surface area (TPSA) is 20.2 Å². The summed E-state index contributed by atoms with van der Waals surface area (Å²) >= 11 is 1.97. The van der Waals surface area contributed by atoms with Gasteiger partial charge in [-0.15, -0.1) is 11.8 Å². The minimum atomic E-state index is 0.360. The second-order valence-corrected chi connectivity index (χ2v) is 6.24. The zero-order valence-electron chi connectivity index (χ0n) is 12.0. The summed E-state index contributed by atoms with van der Waals surface area (Å²) in [5.74, 6) is 1.25. The van der Waals surface area contributed by atoms with Crippen LogP contribution in [0.3, 0.4) is 0 Å². The molecular formula is C17H28OS. The highest BCUT2D eigenvalue weighted by atomic mass is 32.2. The number of hydrogen-bond acceptors (Lipinski definition) is 2. The molecule has 0 saturated carbocycles. The van der Waals surface area contributed by atoms with Crippen LogP contribution in [0, 0.1) is 0 Å². The lowest BCUT2D eigenvalue weighted by atomic mass is 10.1. The van der Waals surface area contributed by atoms with Gasteiger partial charge >= 0.3 is 0 Å². The third-order valence-corrected chi connectivity index (χ3v) is 4.41. The monoisotopic (exact) mass is 280 g/mol. The van der Waals surface area contributed by atoms with Crippen LogP contribution in [0.5, 0.6) is 0 Å². The molecule has 2 heteroatoms. The number of unbranched alkanes of at least 4 members (excludes halogenated alkanes) is 8. The van der Waals surface area contributed by atoms with E-state index < -0.39 is 0 Å². The Bertz CT molecular complexity index is 287. The number of thioether (sulfide) groups is 1. The molecular weight excluding hydrogens is 252 g/mol. The van der Waals surface area contributed by atoms with Gasteiger partial charge in [0, 0.05) is 11.5 Å². The second kappa shape index (κ2) is 12.6. The first-order chi connectivity index (χ1) is 9.43. The Balaban J connectivity index is 1.79. The number of hydrogen-bond donors (Lipinski definition) is 1. The maximum Gasteiger partial charge on any atom is 0.0431 e. The summed E-state index contributed by atoms with van der Waals surface area (Å²) in [4.78, 5) is 1.39. The summed E-state index contributed by atoms with van der Waals surface area (Å²) in [6, 6.07) is 10.7. The van der Waals surface area contributed by atoms with Crippen LogP contribution in [-0.2, 0) is 0 Å². The quantitative estimate of drug-likeness (QED) is 0.415. The minimum Gasteiger partial charge on any atom is -0.396 e. The Labute approximate surface area is 122 Å². The van der Waals surface area contributed by atoms with Gasteiger partial charge in [-0.2, -0.15) is 0 Å². The van der Waals surface area contributed by atoms with E-state index in [0.29, 0.717) is 6.61 Å². The lowest BCUT2D eigenvalue weighted by Crippen LogP contribution is -1.85. The van der Waals surface area contributed by atoms with Crippen LogP contribution in [0.2, 0.25) is 0 Å². The van der Waals surface area contributed by atoms with Crippen LogP contribution < -0.4 is 0 Å². The molecule has 0 unspecified atom stereocenters. The molecule has 0 fully saturated rings. The molecule has 0 heterocycles. The highest BCUT2D eigenvalue weighted by molar-refractivity contribution is 7.99. The Morgan fingerprint density at radius 3 is 1.79 bits per heavy atom. The number of aliphatic hydroxyl groups excluding tert-OH is 1. The molecule has 0 radical (unpaired) electrons. The zero-order chi connectivity index (χ0) is 13.6. The van der Waals surface area contributed by atoms with Crippen molar-refractivity contribution in [2.24, 2.45) is 0 Å². The Morgan fingerprint density at radius 2 is 1.21 bits per heavy atom. The highest BCUT2D eigenvalue weighted by Crippen LogP contribution is 2.19. The van der Waals surface area contributed by atoms with Crippen molar-refractivity contribution in [2.75, 3.05) is 12.4 Å². The van der Waals surface area contributed by atoms with Crippen LogP contribution in [0.4, 0.5) is 0 Å². The van der Waals surface area contributed by atoms with E-state index in [4.69, 9.17) is 5.11 Å². The van der Waals surface area contributed by atoms with Crippen LogP contribution in [0.25, 0.3) is 0 Å². The molecule has 0 amide bonds. The Kier molecular flexibility index (Phi) is 11.0. The molecule has 1 aromatic rings. The van der Waals surface area contributed by atoms with Gasteiger partial charge in [-0.25, -0.2) is 0 Å². The first-order valence-electron chi connectivity index (χ1n) is 7.72. The van der Waals surface area contributed by atoms with Gasteiger partial charge in [0.1, 0.15) is 0 Å².